The Labute approximate surface area is 130 Å². The van der Waals surface area contributed by atoms with Crippen molar-refractivity contribution in [3.63, 3.8) is 0 Å². The van der Waals surface area contributed by atoms with Gasteiger partial charge in [0.15, 0.2) is 17.6 Å². The van der Waals surface area contributed by atoms with Crippen LogP contribution in [0.3, 0.4) is 0 Å². The van der Waals surface area contributed by atoms with E-state index in [4.69, 9.17) is 31.1 Å². The van der Waals surface area contributed by atoms with Gasteiger partial charge in [-0.05, 0) is 12.5 Å². The summed E-state index contributed by atoms with van der Waals surface area (Å²) in [7, 11) is 3.20. The second-order valence-electron chi connectivity index (χ2n) is 4.41. The van der Waals surface area contributed by atoms with Gasteiger partial charge in [0.2, 0.25) is 0 Å². The number of benzene rings is 1. The molecule has 1 aromatic carbocycles. The summed E-state index contributed by atoms with van der Waals surface area (Å²) in [6.45, 7) is 3.77. The van der Waals surface area contributed by atoms with Gasteiger partial charge in [0.25, 0.3) is 0 Å². The molecule has 1 rings (SSSR count). The van der Waals surface area contributed by atoms with Crippen LogP contribution in [-0.2, 0) is 11.3 Å². The van der Waals surface area contributed by atoms with E-state index in [9.17, 15) is 0 Å². The van der Waals surface area contributed by atoms with E-state index in [-0.39, 0.29) is 0 Å². The summed E-state index contributed by atoms with van der Waals surface area (Å²) in [6.07, 6.45) is 0.0801. The maximum absolute atomic E-state index is 9.07. The Morgan fingerprint density at radius 2 is 2.14 bits per heavy atom. The molecule has 1 atom stereocenters. The lowest BCUT2D eigenvalue weighted by atomic mass is 10.1. The maximum atomic E-state index is 9.07. The van der Waals surface area contributed by atoms with E-state index in [0.29, 0.717) is 42.6 Å². The van der Waals surface area contributed by atoms with E-state index in [0.717, 1.165) is 5.56 Å². The van der Waals surface area contributed by atoms with Gasteiger partial charge >= 0.3 is 0 Å². The van der Waals surface area contributed by atoms with E-state index >= 15 is 0 Å². The Hall–Kier alpha value is -1.48. The van der Waals surface area contributed by atoms with Gasteiger partial charge in [-0.15, -0.1) is 0 Å². The third kappa shape index (κ3) is 5.43. The first-order valence-electron chi connectivity index (χ1n) is 6.78. The van der Waals surface area contributed by atoms with Gasteiger partial charge in [-0.3, -0.25) is 0 Å². The lowest BCUT2D eigenvalue weighted by Crippen LogP contribution is -2.20. The van der Waals surface area contributed by atoms with Crippen molar-refractivity contribution >= 4 is 11.6 Å². The average Bonchev–Trinajstić information content (AvgIpc) is 2.50. The minimum Gasteiger partial charge on any atom is -0.493 e. The number of hydrogen-bond acceptors (Lipinski definition) is 5. The maximum Gasteiger partial charge on any atom is 0.184 e. The molecule has 0 aromatic heterocycles. The van der Waals surface area contributed by atoms with Crippen LogP contribution in [0.4, 0.5) is 0 Å². The third-order valence-corrected chi connectivity index (χ3v) is 3.11. The summed E-state index contributed by atoms with van der Waals surface area (Å²) in [5.74, 6) is 1.08. The zero-order valence-corrected chi connectivity index (χ0v) is 13.4. The van der Waals surface area contributed by atoms with E-state index in [1.807, 2.05) is 13.0 Å². The van der Waals surface area contributed by atoms with Crippen molar-refractivity contribution < 1.29 is 14.2 Å². The number of nitriles is 1. The molecule has 0 bridgehead atoms. The second-order valence-corrected chi connectivity index (χ2v) is 4.85. The SMILES string of the molecule is CCC(C#N)Oc1c(CNCCOC)cc(Cl)cc1OC. The summed E-state index contributed by atoms with van der Waals surface area (Å²) >= 11 is 6.09. The van der Waals surface area contributed by atoms with Gasteiger partial charge in [-0.2, -0.15) is 5.26 Å². The summed E-state index contributed by atoms with van der Waals surface area (Å²) < 4.78 is 16.1. The number of hydrogen-bond donors (Lipinski definition) is 1. The normalized spacial score (nSPS) is 11.8. The topological polar surface area (TPSA) is 63.5 Å². The van der Waals surface area contributed by atoms with Crippen LogP contribution >= 0.6 is 11.6 Å². The molecule has 0 saturated carbocycles. The summed E-state index contributed by atoms with van der Waals surface area (Å²) in [4.78, 5) is 0. The molecule has 0 radical (unpaired) electrons. The van der Waals surface area contributed by atoms with Crippen LogP contribution in [-0.4, -0.2) is 33.5 Å². The highest BCUT2D eigenvalue weighted by atomic mass is 35.5. The van der Waals surface area contributed by atoms with Crippen molar-refractivity contribution in [1.29, 1.82) is 5.26 Å². The molecule has 1 aromatic rings. The Kier molecular flexibility index (Phi) is 7.91. The zero-order valence-electron chi connectivity index (χ0n) is 12.6. The van der Waals surface area contributed by atoms with Gasteiger partial charge in [0.1, 0.15) is 6.07 Å². The van der Waals surface area contributed by atoms with E-state index in [1.165, 1.54) is 0 Å². The minimum absolute atomic E-state index is 0.516. The third-order valence-electron chi connectivity index (χ3n) is 2.89. The Bertz CT molecular complexity index is 489. The molecule has 0 amide bonds. The van der Waals surface area contributed by atoms with Crippen molar-refractivity contribution in [3.05, 3.63) is 22.7 Å². The van der Waals surface area contributed by atoms with Crippen molar-refractivity contribution in [2.45, 2.75) is 26.0 Å². The van der Waals surface area contributed by atoms with Crippen LogP contribution in [0.25, 0.3) is 0 Å². The highest BCUT2D eigenvalue weighted by Gasteiger charge is 2.16. The van der Waals surface area contributed by atoms with Crippen LogP contribution in [0.5, 0.6) is 11.5 Å². The zero-order chi connectivity index (χ0) is 15.7. The predicted octanol–water partition coefficient (Wildman–Crippen LogP) is 2.77. The highest BCUT2D eigenvalue weighted by molar-refractivity contribution is 6.30. The van der Waals surface area contributed by atoms with Crippen LogP contribution < -0.4 is 14.8 Å². The van der Waals surface area contributed by atoms with Crippen LogP contribution in [0.15, 0.2) is 12.1 Å². The van der Waals surface area contributed by atoms with Crippen LogP contribution in [0.2, 0.25) is 5.02 Å². The number of nitrogens with zero attached hydrogens (tertiary/aromatic N) is 1. The van der Waals surface area contributed by atoms with Crippen molar-refractivity contribution in [2.75, 3.05) is 27.4 Å². The molecule has 5 nitrogen and oxygen atoms in total. The first-order valence-corrected chi connectivity index (χ1v) is 7.16. The van der Waals surface area contributed by atoms with Gasteiger partial charge in [0.05, 0.1) is 13.7 Å². The van der Waals surface area contributed by atoms with E-state index in [2.05, 4.69) is 11.4 Å². The molecule has 0 aliphatic carbocycles. The monoisotopic (exact) mass is 312 g/mol. The number of nitrogens with one attached hydrogen (secondary N) is 1. The van der Waals surface area contributed by atoms with E-state index < -0.39 is 6.10 Å². The first-order chi connectivity index (χ1) is 10.2. The van der Waals surface area contributed by atoms with Crippen LogP contribution in [0, 0.1) is 11.3 Å². The number of ether oxygens (including phenoxy) is 3. The fraction of sp³-hybridized carbons (Fsp3) is 0.533. The quantitative estimate of drug-likeness (QED) is 0.710. The standard InChI is InChI=1S/C15H21ClN2O3/c1-4-13(9-17)21-15-11(10-18-5-6-19-2)7-12(16)8-14(15)20-3/h7-8,13,18H,4-6,10H2,1-3H3. The van der Waals surface area contributed by atoms with Gasteiger partial charge in [-0.25, -0.2) is 0 Å². The molecule has 0 spiro atoms. The first kappa shape index (κ1) is 17.6. The van der Waals surface area contributed by atoms with Crippen molar-refractivity contribution in [1.82, 2.24) is 5.32 Å². The van der Waals surface area contributed by atoms with Gasteiger partial charge in [-0.1, -0.05) is 18.5 Å². The van der Waals surface area contributed by atoms with Crippen molar-refractivity contribution in [2.24, 2.45) is 0 Å². The predicted molar refractivity (Wildman–Crippen MR) is 81.9 cm³/mol. The smallest absolute Gasteiger partial charge is 0.184 e. The lowest BCUT2D eigenvalue weighted by molar-refractivity contribution is 0.198. The number of methoxy groups -OCH3 is 2. The summed E-state index contributed by atoms with van der Waals surface area (Å²) in [6, 6.07) is 5.61. The Morgan fingerprint density at radius 3 is 2.71 bits per heavy atom. The molecule has 6 heteroatoms. The Morgan fingerprint density at radius 1 is 1.38 bits per heavy atom. The molecule has 1 unspecified atom stereocenters. The summed E-state index contributed by atoms with van der Waals surface area (Å²) in [5.41, 5.74) is 0.851. The van der Waals surface area contributed by atoms with Gasteiger partial charge in [0, 0.05) is 36.9 Å². The summed E-state index contributed by atoms with van der Waals surface area (Å²) in [5, 5.41) is 12.9. The minimum atomic E-state index is -0.516. The molecule has 0 aliphatic rings. The molecule has 1 N–H and O–H groups in total. The Balaban J connectivity index is 2.97. The van der Waals surface area contributed by atoms with Gasteiger partial charge < -0.3 is 19.5 Å². The molecule has 0 heterocycles. The molecule has 0 fully saturated rings. The highest BCUT2D eigenvalue weighted by Crippen LogP contribution is 2.35. The molecular formula is C15H21ClN2O3. The van der Waals surface area contributed by atoms with Crippen molar-refractivity contribution in [3.8, 4) is 17.6 Å². The molecule has 0 aliphatic heterocycles. The van der Waals surface area contributed by atoms with E-state index in [1.54, 1.807) is 20.3 Å². The lowest BCUT2D eigenvalue weighted by Gasteiger charge is -2.18. The molecule has 21 heavy (non-hydrogen) atoms. The number of rotatable bonds is 9. The largest absolute Gasteiger partial charge is 0.493 e. The second kappa shape index (κ2) is 9.46. The van der Waals surface area contributed by atoms with Crippen LogP contribution in [0.1, 0.15) is 18.9 Å². The average molecular weight is 313 g/mol. The fourth-order valence-corrected chi connectivity index (χ4v) is 2.01. The number of halogens is 1. The molecule has 0 saturated heterocycles. The molecule has 116 valence electrons. The molecular weight excluding hydrogens is 292 g/mol. The fourth-order valence-electron chi connectivity index (χ4n) is 1.78.